The van der Waals surface area contributed by atoms with Crippen LogP contribution in [0.2, 0.25) is 0 Å². The lowest BCUT2D eigenvalue weighted by atomic mass is 10.0. The number of benzene rings is 1. The Labute approximate surface area is 120 Å². The summed E-state index contributed by atoms with van der Waals surface area (Å²) in [4.78, 5) is 12.3. The number of nitrogens with one attached hydrogen (secondary N) is 2. The van der Waals surface area contributed by atoms with Crippen LogP contribution in [0.15, 0.2) is 24.3 Å². The van der Waals surface area contributed by atoms with E-state index in [-0.39, 0.29) is 5.91 Å². The van der Waals surface area contributed by atoms with Crippen molar-refractivity contribution in [1.82, 2.24) is 5.32 Å². The molecule has 3 fully saturated rings. The number of amides is 1. The molecule has 3 aliphatic rings. The van der Waals surface area contributed by atoms with Gasteiger partial charge in [-0.05, 0) is 74.1 Å². The number of hydrogen-bond acceptors (Lipinski definition) is 2. The molecule has 1 aromatic carbocycles. The normalized spacial score (nSPS) is 36.5. The van der Waals surface area contributed by atoms with Gasteiger partial charge in [0.15, 0.2) is 0 Å². The molecule has 4 atom stereocenters. The van der Waals surface area contributed by atoms with Crippen LogP contribution in [0.4, 0.5) is 5.69 Å². The summed E-state index contributed by atoms with van der Waals surface area (Å²) in [6, 6.07) is 8.27. The molecule has 4 rings (SSSR count). The van der Waals surface area contributed by atoms with Gasteiger partial charge in [0.05, 0.1) is 0 Å². The molecule has 2 N–H and O–H groups in total. The minimum Gasteiger partial charge on any atom is -0.385 e. The standard InChI is InChI=1S/C17H22N2O/c1-2-18-13-7-5-10(6-8-13)17(20)19-16-14-11-3-4-12(9-11)15(14)16/h5-8,11-12,14-16,18H,2-4,9H2,1H3,(H,19,20). The molecular weight excluding hydrogens is 248 g/mol. The molecule has 3 heteroatoms. The Hall–Kier alpha value is -1.51. The topological polar surface area (TPSA) is 41.1 Å². The van der Waals surface area contributed by atoms with Gasteiger partial charge in [0, 0.05) is 23.8 Å². The summed E-state index contributed by atoms with van der Waals surface area (Å²) in [7, 11) is 0. The Morgan fingerprint density at radius 2 is 1.80 bits per heavy atom. The molecule has 0 heterocycles. The molecule has 0 aliphatic heterocycles. The fraction of sp³-hybridized carbons (Fsp3) is 0.588. The van der Waals surface area contributed by atoms with Crippen molar-refractivity contribution in [2.75, 3.05) is 11.9 Å². The summed E-state index contributed by atoms with van der Waals surface area (Å²) in [6.07, 6.45) is 4.23. The van der Waals surface area contributed by atoms with Crippen LogP contribution in [-0.2, 0) is 0 Å². The SMILES string of the molecule is CCNc1ccc(C(=O)NC2C3C4CCC(C4)C23)cc1. The molecular formula is C17H22N2O. The van der Waals surface area contributed by atoms with Gasteiger partial charge in [-0.2, -0.15) is 0 Å². The van der Waals surface area contributed by atoms with Crippen LogP contribution in [0.5, 0.6) is 0 Å². The third-order valence-corrected chi connectivity index (χ3v) is 5.56. The van der Waals surface area contributed by atoms with Crippen LogP contribution in [0.25, 0.3) is 0 Å². The molecule has 0 radical (unpaired) electrons. The van der Waals surface area contributed by atoms with E-state index in [1.807, 2.05) is 24.3 Å². The molecule has 0 saturated heterocycles. The van der Waals surface area contributed by atoms with Crippen molar-refractivity contribution in [1.29, 1.82) is 0 Å². The Balaban J connectivity index is 1.39. The van der Waals surface area contributed by atoms with Crippen molar-refractivity contribution < 1.29 is 4.79 Å². The monoisotopic (exact) mass is 270 g/mol. The second kappa shape index (κ2) is 4.51. The fourth-order valence-corrected chi connectivity index (χ4v) is 4.70. The number of anilines is 1. The summed E-state index contributed by atoms with van der Waals surface area (Å²) < 4.78 is 0. The van der Waals surface area contributed by atoms with Crippen LogP contribution < -0.4 is 10.6 Å². The Morgan fingerprint density at radius 1 is 1.15 bits per heavy atom. The lowest BCUT2D eigenvalue weighted by Crippen LogP contribution is -2.29. The number of fused-ring (bicyclic) bond motifs is 5. The van der Waals surface area contributed by atoms with Crippen molar-refractivity contribution >= 4 is 11.6 Å². The van der Waals surface area contributed by atoms with Crippen LogP contribution in [-0.4, -0.2) is 18.5 Å². The molecule has 0 aromatic heterocycles. The maximum Gasteiger partial charge on any atom is 0.251 e. The number of hydrogen-bond donors (Lipinski definition) is 2. The maximum absolute atomic E-state index is 12.3. The van der Waals surface area contributed by atoms with Gasteiger partial charge in [-0.1, -0.05) is 0 Å². The highest BCUT2D eigenvalue weighted by atomic mass is 16.1. The summed E-state index contributed by atoms with van der Waals surface area (Å²) in [6.45, 7) is 2.97. The summed E-state index contributed by atoms with van der Waals surface area (Å²) in [5, 5.41) is 6.51. The van der Waals surface area contributed by atoms with Crippen LogP contribution >= 0.6 is 0 Å². The molecule has 106 valence electrons. The molecule has 20 heavy (non-hydrogen) atoms. The highest BCUT2D eigenvalue weighted by Crippen LogP contribution is 2.65. The predicted octanol–water partition coefficient (Wildman–Crippen LogP) is 2.89. The zero-order valence-corrected chi connectivity index (χ0v) is 11.9. The first kappa shape index (κ1) is 12.2. The van der Waals surface area contributed by atoms with Crippen LogP contribution in [0.1, 0.15) is 36.5 Å². The summed E-state index contributed by atoms with van der Waals surface area (Å²) >= 11 is 0. The van der Waals surface area contributed by atoms with Gasteiger partial charge in [0.25, 0.3) is 5.91 Å². The second-order valence-corrected chi connectivity index (χ2v) is 6.59. The van der Waals surface area contributed by atoms with E-state index < -0.39 is 0 Å². The van der Waals surface area contributed by atoms with Crippen LogP contribution in [0, 0.1) is 23.7 Å². The third kappa shape index (κ3) is 1.83. The summed E-state index contributed by atoms with van der Waals surface area (Å²) in [5.41, 5.74) is 1.86. The van der Waals surface area contributed by atoms with Gasteiger partial charge in [-0.3, -0.25) is 4.79 Å². The highest BCUT2D eigenvalue weighted by molar-refractivity contribution is 5.95. The van der Waals surface area contributed by atoms with Crippen LogP contribution in [0.3, 0.4) is 0 Å². The Kier molecular flexibility index (Phi) is 2.76. The molecule has 3 nitrogen and oxygen atoms in total. The van der Waals surface area contributed by atoms with E-state index in [1.165, 1.54) is 19.3 Å². The van der Waals surface area contributed by atoms with Gasteiger partial charge in [0.1, 0.15) is 0 Å². The first-order valence-electron chi connectivity index (χ1n) is 7.92. The van der Waals surface area contributed by atoms with E-state index >= 15 is 0 Å². The van der Waals surface area contributed by atoms with E-state index in [1.54, 1.807) is 0 Å². The molecule has 4 unspecified atom stereocenters. The van der Waals surface area contributed by atoms with Crippen molar-refractivity contribution in [3.8, 4) is 0 Å². The highest BCUT2D eigenvalue weighted by Gasteiger charge is 2.65. The van der Waals surface area contributed by atoms with Gasteiger partial charge in [-0.25, -0.2) is 0 Å². The van der Waals surface area contributed by atoms with Crippen molar-refractivity contribution in [2.45, 2.75) is 32.2 Å². The number of rotatable bonds is 4. The Morgan fingerprint density at radius 3 is 2.40 bits per heavy atom. The molecule has 2 bridgehead atoms. The van der Waals surface area contributed by atoms with E-state index in [9.17, 15) is 4.79 Å². The minimum atomic E-state index is 0.104. The van der Waals surface area contributed by atoms with E-state index in [2.05, 4.69) is 17.6 Å². The zero-order valence-electron chi connectivity index (χ0n) is 11.9. The zero-order chi connectivity index (χ0) is 13.7. The molecule has 3 saturated carbocycles. The second-order valence-electron chi connectivity index (χ2n) is 6.59. The quantitative estimate of drug-likeness (QED) is 0.883. The molecule has 0 spiro atoms. The minimum absolute atomic E-state index is 0.104. The first-order chi connectivity index (χ1) is 9.78. The lowest BCUT2D eigenvalue weighted by Gasteiger charge is -2.11. The third-order valence-electron chi connectivity index (χ3n) is 5.56. The van der Waals surface area contributed by atoms with E-state index in [4.69, 9.17) is 0 Å². The number of carbonyl (C=O) groups excluding carboxylic acids is 1. The lowest BCUT2D eigenvalue weighted by molar-refractivity contribution is 0.0944. The van der Waals surface area contributed by atoms with Crippen molar-refractivity contribution in [3.63, 3.8) is 0 Å². The summed E-state index contributed by atoms with van der Waals surface area (Å²) in [5.74, 6) is 3.53. The molecule has 1 amide bonds. The first-order valence-corrected chi connectivity index (χ1v) is 7.92. The van der Waals surface area contributed by atoms with Gasteiger partial charge in [-0.15, -0.1) is 0 Å². The molecule has 3 aliphatic carbocycles. The largest absolute Gasteiger partial charge is 0.385 e. The predicted molar refractivity (Wildman–Crippen MR) is 79.7 cm³/mol. The number of carbonyl (C=O) groups is 1. The van der Waals surface area contributed by atoms with Gasteiger partial charge in [0.2, 0.25) is 0 Å². The van der Waals surface area contributed by atoms with Crippen molar-refractivity contribution in [3.05, 3.63) is 29.8 Å². The smallest absolute Gasteiger partial charge is 0.251 e. The average Bonchev–Trinajstić information content (AvgIpc) is 2.85. The van der Waals surface area contributed by atoms with E-state index in [0.29, 0.717) is 6.04 Å². The van der Waals surface area contributed by atoms with Gasteiger partial charge < -0.3 is 10.6 Å². The average molecular weight is 270 g/mol. The Bertz CT molecular complexity index is 508. The fourth-order valence-electron chi connectivity index (χ4n) is 4.70. The maximum atomic E-state index is 12.3. The van der Waals surface area contributed by atoms with Gasteiger partial charge >= 0.3 is 0 Å². The van der Waals surface area contributed by atoms with Crippen molar-refractivity contribution in [2.24, 2.45) is 23.7 Å². The van der Waals surface area contributed by atoms with E-state index in [0.717, 1.165) is 41.5 Å². The molecule has 1 aromatic rings.